The average molecular weight is 362 g/mol. The SMILES string of the molecule is CCOc1ccc2c(sc3c(F)c(OCC4CCCC4)ccc32)c1F. The molecular weight excluding hydrogens is 342 g/mol. The highest BCUT2D eigenvalue weighted by atomic mass is 32.1. The summed E-state index contributed by atoms with van der Waals surface area (Å²) in [6.45, 7) is 2.75. The normalized spacial score (nSPS) is 15.3. The van der Waals surface area contributed by atoms with E-state index >= 15 is 0 Å². The van der Waals surface area contributed by atoms with Crippen molar-refractivity contribution in [2.75, 3.05) is 13.2 Å². The zero-order valence-electron chi connectivity index (χ0n) is 14.1. The van der Waals surface area contributed by atoms with Crippen molar-refractivity contribution in [2.45, 2.75) is 32.6 Å². The van der Waals surface area contributed by atoms with E-state index < -0.39 is 11.6 Å². The van der Waals surface area contributed by atoms with Crippen LogP contribution in [-0.2, 0) is 0 Å². The highest BCUT2D eigenvalue weighted by molar-refractivity contribution is 7.25. The molecule has 132 valence electrons. The molecule has 1 heterocycles. The largest absolute Gasteiger partial charge is 0.491 e. The number of hydrogen-bond acceptors (Lipinski definition) is 3. The molecular formula is C20H20F2O2S. The molecule has 0 spiro atoms. The lowest BCUT2D eigenvalue weighted by molar-refractivity contribution is 0.243. The van der Waals surface area contributed by atoms with E-state index in [9.17, 15) is 8.78 Å². The summed E-state index contributed by atoms with van der Waals surface area (Å²) in [5.41, 5.74) is 0. The minimum Gasteiger partial charge on any atom is -0.491 e. The zero-order chi connectivity index (χ0) is 17.4. The van der Waals surface area contributed by atoms with Crippen LogP contribution in [0.2, 0.25) is 0 Å². The third-order valence-corrected chi connectivity index (χ3v) is 6.07. The summed E-state index contributed by atoms with van der Waals surface area (Å²) in [6, 6.07) is 6.88. The van der Waals surface area contributed by atoms with E-state index in [1.807, 2.05) is 13.0 Å². The number of ether oxygens (including phenoxy) is 2. The van der Waals surface area contributed by atoms with Crippen LogP contribution in [0.1, 0.15) is 32.6 Å². The van der Waals surface area contributed by atoms with E-state index in [1.165, 1.54) is 12.8 Å². The van der Waals surface area contributed by atoms with Crippen molar-refractivity contribution >= 4 is 31.5 Å². The van der Waals surface area contributed by atoms with Crippen LogP contribution in [-0.4, -0.2) is 13.2 Å². The van der Waals surface area contributed by atoms with Crippen molar-refractivity contribution in [3.05, 3.63) is 35.9 Å². The van der Waals surface area contributed by atoms with Gasteiger partial charge < -0.3 is 9.47 Å². The minimum absolute atomic E-state index is 0.208. The summed E-state index contributed by atoms with van der Waals surface area (Å²) in [5.74, 6) is 0.169. The average Bonchev–Trinajstić information content (AvgIpc) is 3.25. The predicted molar refractivity (Wildman–Crippen MR) is 97.9 cm³/mol. The summed E-state index contributed by atoms with van der Waals surface area (Å²) in [7, 11) is 0. The number of halogens is 2. The fourth-order valence-corrected chi connectivity index (χ4v) is 4.73. The van der Waals surface area contributed by atoms with Crippen LogP contribution in [0.5, 0.6) is 11.5 Å². The second kappa shape index (κ2) is 6.79. The van der Waals surface area contributed by atoms with Crippen LogP contribution in [0, 0.1) is 17.6 Å². The fraction of sp³-hybridized carbons (Fsp3) is 0.400. The Morgan fingerprint density at radius 2 is 1.48 bits per heavy atom. The molecule has 0 aliphatic heterocycles. The Kier molecular flexibility index (Phi) is 4.50. The lowest BCUT2D eigenvalue weighted by Gasteiger charge is -2.12. The molecule has 1 fully saturated rings. The summed E-state index contributed by atoms with van der Waals surface area (Å²) < 4.78 is 41.4. The van der Waals surface area contributed by atoms with E-state index in [4.69, 9.17) is 9.47 Å². The Hall–Kier alpha value is -1.88. The van der Waals surface area contributed by atoms with Crippen molar-refractivity contribution in [3.8, 4) is 11.5 Å². The van der Waals surface area contributed by atoms with Gasteiger partial charge in [-0.05, 0) is 49.9 Å². The van der Waals surface area contributed by atoms with Gasteiger partial charge in [0.15, 0.2) is 23.1 Å². The van der Waals surface area contributed by atoms with Crippen LogP contribution < -0.4 is 9.47 Å². The molecule has 0 radical (unpaired) electrons. The van der Waals surface area contributed by atoms with Crippen molar-refractivity contribution < 1.29 is 18.3 Å². The molecule has 1 saturated carbocycles. The van der Waals surface area contributed by atoms with Crippen LogP contribution >= 0.6 is 11.3 Å². The molecule has 0 unspecified atom stereocenters. The zero-order valence-corrected chi connectivity index (χ0v) is 14.9. The van der Waals surface area contributed by atoms with Crippen molar-refractivity contribution in [1.82, 2.24) is 0 Å². The number of hydrogen-bond donors (Lipinski definition) is 0. The second-order valence-electron chi connectivity index (χ2n) is 6.51. The van der Waals surface area contributed by atoms with Gasteiger partial charge in [0.2, 0.25) is 0 Å². The van der Waals surface area contributed by atoms with Crippen molar-refractivity contribution in [1.29, 1.82) is 0 Å². The van der Waals surface area contributed by atoms with Crippen LogP contribution in [0.3, 0.4) is 0 Å². The monoisotopic (exact) mass is 362 g/mol. The number of thiophene rings is 1. The Morgan fingerprint density at radius 3 is 2.04 bits per heavy atom. The molecule has 0 saturated heterocycles. The maximum atomic E-state index is 14.9. The Bertz CT molecular complexity index is 913. The van der Waals surface area contributed by atoms with Crippen LogP contribution in [0.15, 0.2) is 24.3 Å². The molecule has 0 N–H and O–H groups in total. The molecule has 25 heavy (non-hydrogen) atoms. The van der Waals surface area contributed by atoms with Crippen molar-refractivity contribution in [3.63, 3.8) is 0 Å². The number of fused-ring (bicyclic) bond motifs is 3. The Labute approximate surface area is 149 Å². The Balaban J connectivity index is 1.72. The molecule has 4 rings (SSSR count). The number of rotatable bonds is 5. The quantitative estimate of drug-likeness (QED) is 0.530. The predicted octanol–water partition coefficient (Wildman–Crippen LogP) is 6.30. The maximum absolute atomic E-state index is 14.9. The highest BCUT2D eigenvalue weighted by Gasteiger charge is 2.20. The van der Waals surface area contributed by atoms with E-state index in [1.54, 1.807) is 18.2 Å². The summed E-state index contributed by atoms with van der Waals surface area (Å²) in [5, 5.41) is 1.43. The smallest absolute Gasteiger partial charge is 0.182 e. The van der Waals surface area contributed by atoms with Gasteiger partial charge in [0, 0.05) is 10.8 Å². The molecule has 3 aromatic rings. The van der Waals surface area contributed by atoms with Gasteiger partial charge in [-0.2, -0.15) is 0 Å². The van der Waals surface area contributed by atoms with Gasteiger partial charge in [0.1, 0.15) is 0 Å². The fourth-order valence-electron chi connectivity index (χ4n) is 3.56. The van der Waals surface area contributed by atoms with Crippen LogP contribution in [0.25, 0.3) is 20.2 Å². The minimum atomic E-state index is -0.423. The lowest BCUT2D eigenvalue weighted by Crippen LogP contribution is -2.08. The molecule has 5 heteroatoms. The second-order valence-corrected chi connectivity index (χ2v) is 7.53. The van der Waals surface area contributed by atoms with Gasteiger partial charge in [-0.15, -0.1) is 11.3 Å². The molecule has 2 aromatic carbocycles. The molecule has 1 aliphatic rings. The first-order valence-electron chi connectivity index (χ1n) is 8.78. The standard InChI is InChI=1S/C20H20F2O2S/c1-2-23-15-9-7-13-14-8-10-16(24-11-12-5-3-4-6-12)18(22)20(14)25-19(13)17(15)21/h7-10,12H,2-6,11H2,1H3. The van der Waals surface area contributed by atoms with E-state index in [2.05, 4.69) is 0 Å². The van der Waals surface area contributed by atoms with Gasteiger partial charge >= 0.3 is 0 Å². The van der Waals surface area contributed by atoms with E-state index in [0.717, 1.165) is 24.2 Å². The first-order valence-corrected chi connectivity index (χ1v) is 9.59. The van der Waals surface area contributed by atoms with Gasteiger partial charge in [-0.25, -0.2) is 8.78 Å². The summed E-state index contributed by atoms with van der Waals surface area (Å²) in [6.07, 6.45) is 4.76. The van der Waals surface area contributed by atoms with Crippen molar-refractivity contribution in [2.24, 2.45) is 5.92 Å². The topological polar surface area (TPSA) is 18.5 Å². The van der Waals surface area contributed by atoms with Crippen LogP contribution in [0.4, 0.5) is 8.78 Å². The van der Waals surface area contributed by atoms with E-state index in [-0.39, 0.29) is 11.5 Å². The first kappa shape index (κ1) is 16.6. The summed E-state index contributed by atoms with van der Waals surface area (Å²) in [4.78, 5) is 0. The van der Waals surface area contributed by atoms with Gasteiger partial charge in [0.25, 0.3) is 0 Å². The van der Waals surface area contributed by atoms with Gasteiger partial charge in [0.05, 0.1) is 22.6 Å². The third kappa shape index (κ3) is 2.95. The molecule has 1 aromatic heterocycles. The van der Waals surface area contributed by atoms with Gasteiger partial charge in [-0.1, -0.05) is 12.8 Å². The molecule has 0 bridgehead atoms. The third-order valence-electron chi connectivity index (χ3n) is 4.87. The first-order chi connectivity index (χ1) is 12.2. The molecule has 0 atom stereocenters. The number of benzene rings is 2. The van der Waals surface area contributed by atoms with Gasteiger partial charge in [-0.3, -0.25) is 0 Å². The molecule has 0 amide bonds. The molecule has 1 aliphatic carbocycles. The highest BCUT2D eigenvalue weighted by Crippen LogP contribution is 2.41. The van der Waals surface area contributed by atoms with E-state index in [0.29, 0.717) is 39.3 Å². The summed E-state index contributed by atoms with van der Waals surface area (Å²) >= 11 is 1.12. The maximum Gasteiger partial charge on any atom is 0.182 e. The lowest BCUT2D eigenvalue weighted by atomic mass is 10.1. The Morgan fingerprint density at radius 1 is 0.920 bits per heavy atom. The molecule has 2 nitrogen and oxygen atoms in total.